The molecule has 152 valence electrons. The van der Waals surface area contributed by atoms with Crippen LogP contribution in [0.2, 0.25) is 5.02 Å². The summed E-state index contributed by atoms with van der Waals surface area (Å²) in [5.41, 5.74) is 0.933. The predicted molar refractivity (Wildman–Crippen MR) is 106 cm³/mol. The van der Waals surface area contributed by atoms with Crippen LogP contribution in [0.4, 0.5) is 8.78 Å². The van der Waals surface area contributed by atoms with Crippen molar-refractivity contribution in [3.05, 3.63) is 70.8 Å². The molecule has 0 N–H and O–H groups in total. The maximum Gasteiger partial charge on any atom is 0.387 e. The van der Waals surface area contributed by atoms with Crippen LogP contribution in [-0.2, 0) is 4.79 Å². The molecule has 5 nitrogen and oxygen atoms in total. The number of hydrogen-bond donors (Lipinski definition) is 0. The Kier molecular flexibility index (Phi) is 6.82. The van der Waals surface area contributed by atoms with E-state index in [0.29, 0.717) is 42.3 Å². The summed E-state index contributed by atoms with van der Waals surface area (Å²) >= 11 is 5.84. The first kappa shape index (κ1) is 20.8. The fourth-order valence-electron chi connectivity index (χ4n) is 2.99. The maximum atomic E-state index is 12.5. The largest absolute Gasteiger partial charge is 0.434 e. The van der Waals surface area contributed by atoms with E-state index in [2.05, 4.69) is 4.74 Å². The van der Waals surface area contributed by atoms with Crippen molar-refractivity contribution in [2.24, 2.45) is 0 Å². The molecule has 0 radical (unpaired) electrons. The van der Waals surface area contributed by atoms with E-state index in [9.17, 15) is 18.4 Å². The van der Waals surface area contributed by atoms with E-state index in [0.717, 1.165) is 0 Å². The van der Waals surface area contributed by atoms with Gasteiger partial charge in [-0.2, -0.15) is 8.78 Å². The third kappa shape index (κ3) is 5.54. The average Bonchev–Trinajstić information content (AvgIpc) is 2.72. The van der Waals surface area contributed by atoms with Gasteiger partial charge in [0.25, 0.3) is 5.91 Å². The number of ether oxygens (including phenoxy) is 1. The molecule has 0 atom stereocenters. The minimum atomic E-state index is -2.94. The zero-order valence-corrected chi connectivity index (χ0v) is 16.2. The number of carbonyl (C=O) groups excluding carboxylic acids is 2. The number of piperazine rings is 1. The average molecular weight is 421 g/mol. The van der Waals surface area contributed by atoms with E-state index in [1.807, 2.05) is 0 Å². The van der Waals surface area contributed by atoms with E-state index < -0.39 is 6.61 Å². The van der Waals surface area contributed by atoms with Crippen molar-refractivity contribution in [3.8, 4) is 5.75 Å². The molecule has 1 aliphatic rings. The van der Waals surface area contributed by atoms with Gasteiger partial charge < -0.3 is 14.5 Å². The molecule has 3 rings (SSSR count). The van der Waals surface area contributed by atoms with Gasteiger partial charge in [-0.1, -0.05) is 29.8 Å². The standard InChI is InChI=1S/C21H19ClF2N2O3/c22-17-8-5-16(6-9-17)20(28)26-13-11-25(12-14-26)19(27)10-7-15-3-1-2-4-18(15)29-21(23)24/h1-10,21H,11-14H2/b10-7+. The van der Waals surface area contributed by atoms with Crippen LogP contribution < -0.4 is 4.74 Å². The third-order valence-electron chi connectivity index (χ3n) is 4.51. The van der Waals surface area contributed by atoms with Crippen molar-refractivity contribution in [2.45, 2.75) is 6.61 Å². The number of nitrogens with zero attached hydrogens (tertiary/aromatic N) is 2. The molecule has 2 aromatic rings. The number of benzene rings is 2. The highest BCUT2D eigenvalue weighted by atomic mass is 35.5. The SMILES string of the molecule is O=C(/C=C/c1ccccc1OC(F)F)N1CCN(C(=O)c2ccc(Cl)cc2)CC1. The topological polar surface area (TPSA) is 49.9 Å². The van der Waals surface area contributed by atoms with Crippen molar-refractivity contribution in [2.75, 3.05) is 26.2 Å². The van der Waals surface area contributed by atoms with E-state index in [1.54, 1.807) is 52.3 Å². The van der Waals surface area contributed by atoms with E-state index >= 15 is 0 Å². The van der Waals surface area contributed by atoms with Crippen LogP contribution in [0.25, 0.3) is 6.08 Å². The molecule has 2 aromatic carbocycles. The Morgan fingerprint density at radius 2 is 1.59 bits per heavy atom. The molecule has 0 aromatic heterocycles. The van der Waals surface area contributed by atoms with Gasteiger partial charge >= 0.3 is 6.61 Å². The maximum absolute atomic E-state index is 12.5. The van der Waals surface area contributed by atoms with Gasteiger partial charge in [0.1, 0.15) is 5.75 Å². The van der Waals surface area contributed by atoms with Gasteiger partial charge in [-0.15, -0.1) is 0 Å². The summed E-state index contributed by atoms with van der Waals surface area (Å²) in [5, 5.41) is 0.560. The van der Waals surface area contributed by atoms with Gasteiger partial charge in [0.2, 0.25) is 5.91 Å². The number of alkyl halides is 2. The normalized spacial score (nSPS) is 14.5. The van der Waals surface area contributed by atoms with Crippen LogP contribution in [0.5, 0.6) is 5.75 Å². The second-order valence-electron chi connectivity index (χ2n) is 6.37. The predicted octanol–water partition coefficient (Wildman–Crippen LogP) is 3.94. The second kappa shape index (κ2) is 9.52. The number of halogens is 3. The van der Waals surface area contributed by atoms with Gasteiger partial charge in [-0.25, -0.2) is 0 Å². The number of para-hydroxylation sites is 1. The first-order chi connectivity index (χ1) is 13.9. The monoisotopic (exact) mass is 420 g/mol. The second-order valence-corrected chi connectivity index (χ2v) is 6.81. The molecule has 1 aliphatic heterocycles. The van der Waals surface area contributed by atoms with Gasteiger partial charge in [-0.05, 0) is 36.4 Å². The third-order valence-corrected chi connectivity index (χ3v) is 4.76. The quantitative estimate of drug-likeness (QED) is 0.688. The summed E-state index contributed by atoms with van der Waals surface area (Å²) in [6.45, 7) is -1.35. The molecule has 0 bridgehead atoms. The molecular weight excluding hydrogens is 402 g/mol. The van der Waals surface area contributed by atoms with Crippen LogP contribution in [0.15, 0.2) is 54.6 Å². The van der Waals surface area contributed by atoms with Crippen LogP contribution >= 0.6 is 11.6 Å². The van der Waals surface area contributed by atoms with Crippen molar-refractivity contribution >= 4 is 29.5 Å². The van der Waals surface area contributed by atoms with Gasteiger partial charge in [0.05, 0.1) is 0 Å². The molecular formula is C21H19ClF2N2O3. The van der Waals surface area contributed by atoms with Gasteiger partial charge in [-0.3, -0.25) is 9.59 Å². The van der Waals surface area contributed by atoms with Crippen LogP contribution in [0.3, 0.4) is 0 Å². The molecule has 0 unspecified atom stereocenters. The van der Waals surface area contributed by atoms with Crippen molar-refractivity contribution in [3.63, 3.8) is 0 Å². The number of hydrogen-bond acceptors (Lipinski definition) is 3. The number of carbonyl (C=O) groups is 2. The molecule has 1 heterocycles. The molecule has 29 heavy (non-hydrogen) atoms. The Hall–Kier alpha value is -2.93. The lowest BCUT2D eigenvalue weighted by Gasteiger charge is -2.34. The zero-order chi connectivity index (χ0) is 20.8. The Morgan fingerprint density at radius 3 is 2.24 bits per heavy atom. The van der Waals surface area contributed by atoms with Crippen molar-refractivity contribution < 1.29 is 23.1 Å². The number of rotatable bonds is 5. The van der Waals surface area contributed by atoms with Crippen LogP contribution in [0.1, 0.15) is 15.9 Å². The summed E-state index contributed by atoms with van der Waals surface area (Å²) in [4.78, 5) is 28.2. The fraction of sp³-hybridized carbons (Fsp3) is 0.238. The highest BCUT2D eigenvalue weighted by Gasteiger charge is 2.24. The minimum Gasteiger partial charge on any atom is -0.434 e. The minimum absolute atomic E-state index is 0.00457. The zero-order valence-electron chi connectivity index (χ0n) is 15.4. The first-order valence-corrected chi connectivity index (χ1v) is 9.37. The number of amides is 2. The molecule has 0 aliphatic carbocycles. The summed E-state index contributed by atoms with van der Waals surface area (Å²) in [6.07, 6.45) is 2.77. The highest BCUT2D eigenvalue weighted by Crippen LogP contribution is 2.21. The summed E-state index contributed by atoms with van der Waals surface area (Å²) in [7, 11) is 0. The van der Waals surface area contributed by atoms with Gasteiger partial charge in [0.15, 0.2) is 0 Å². The fourth-order valence-corrected chi connectivity index (χ4v) is 3.12. The molecule has 0 spiro atoms. The van der Waals surface area contributed by atoms with Gasteiger partial charge in [0, 0.05) is 48.4 Å². The lowest BCUT2D eigenvalue weighted by molar-refractivity contribution is -0.127. The Labute approximate surface area is 172 Å². The molecule has 1 saturated heterocycles. The van der Waals surface area contributed by atoms with Crippen LogP contribution in [0, 0.1) is 0 Å². The lowest BCUT2D eigenvalue weighted by atomic mass is 10.1. The van der Waals surface area contributed by atoms with Crippen molar-refractivity contribution in [1.29, 1.82) is 0 Å². The van der Waals surface area contributed by atoms with Crippen LogP contribution in [-0.4, -0.2) is 54.4 Å². The smallest absolute Gasteiger partial charge is 0.387 e. The summed E-state index contributed by atoms with van der Waals surface area (Å²) in [5.74, 6) is -0.359. The molecule has 2 amide bonds. The first-order valence-electron chi connectivity index (χ1n) is 9.00. The van der Waals surface area contributed by atoms with E-state index in [4.69, 9.17) is 11.6 Å². The summed E-state index contributed by atoms with van der Waals surface area (Å²) < 4.78 is 29.4. The summed E-state index contributed by atoms with van der Waals surface area (Å²) in [6, 6.07) is 12.9. The molecule has 0 saturated carbocycles. The Morgan fingerprint density at radius 1 is 0.966 bits per heavy atom. The Bertz CT molecular complexity index is 895. The Balaban J connectivity index is 1.57. The molecule has 1 fully saturated rings. The highest BCUT2D eigenvalue weighted by molar-refractivity contribution is 6.30. The van der Waals surface area contributed by atoms with E-state index in [1.165, 1.54) is 18.2 Å². The van der Waals surface area contributed by atoms with E-state index in [-0.39, 0.29) is 17.6 Å². The van der Waals surface area contributed by atoms with Crippen molar-refractivity contribution in [1.82, 2.24) is 9.80 Å². The lowest BCUT2D eigenvalue weighted by Crippen LogP contribution is -2.50. The molecule has 8 heteroatoms.